The molecule has 112 valence electrons. The minimum absolute atomic E-state index is 0.0378. The van der Waals surface area contributed by atoms with Gasteiger partial charge in [0.25, 0.3) is 0 Å². The van der Waals surface area contributed by atoms with Crippen molar-refractivity contribution in [1.82, 2.24) is 10.2 Å². The quantitative estimate of drug-likeness (QED) is 0.521. The molecule has 0 aliphatic carbocycles. The Morgan fingerprint density at radius 1 is 1.47 bits per heavy atom. The summed E-state index contributed by atoms with van der Waals surface area (Å²) in [6.45, 7) is 8.15. The van der Waals surface area contributed by atoms with Crippen molar-refractivity contribution >= 4 is 5.97 Å². The largest absolute Gasteiger partial charge is 0.469 e. The third-order valence-electron chi connectivity index (χ3n) is 3.45. The summed E-state index contributed by atoms with van der Waals surface area (Å²) in [7, 11) is 1.46. The lowest BCUT2D eigenvalue weighted by molar-refractivity contribution is -0.147. The molecule has 19 heavy (non-hydrogen) atoms. The molecule has 1 fully saturated rings. The summed E-state index contributed by atoms with van der Waals surface area (Å²) in [6, 6.07) is 0.308. The lowest BCUT2D eigenvalue weighted by Crippen LogP contribution is -2.52. The van der Waals surface area contributed by atoms with Crippen molar-refractivity contribution in [3.63, 3.8) is 0 Å². The molecule has 0 aromatic rings. The van der Waals surface area contributed by atoms with E-state index >= 15 is 0 Å². The lowest BCUT2D eigenvalue weighted by Gasteiger charge is -2.37. The first kappa shape index (κ1) is 16.4. The number of nitrogens with zero attached hydrogens (tertiary/aromatic N) is 1. The first-order valence-corrected chi connectivity index (χ1v) is 7.21. The van der Waals surface area contributed by atoms with Crippen LogP contribution in [0.2, 0.25) is 0 Å². The summed E-state index contributed by atoms with van der Waals surface area (Å²) in [5, 5.41) is 12.2. The van der Waals surface area contributed by atoms with E-state index in [1.165, 1.54) is 7.11 Å². The van der Waals surface area contributed by atoms with Crippen molar-refractivity contribution < 1.29 is 14.6 Å². The van der Waals surface area contributed by atoms with Crippen LogP contribution < -0.4 is 5.32 Å². The molecule has 0 aromatic heterocycles. The van der Waals surface area contributed by atoms with E-state index in [9.17, 15) is 4.79 Å². The maximum atomic E-state index is 11.8. The highest BCUT2D eigenvalue weighted by atomic mass is 16.5. The van der Waals surface area contributed by atoms with E-state index in [-0.39, 0.29) is 18.5 Å². The van der Waals surface area contributed by atoms with Crippen LogP contribution in [0.15, 0.2) is 0 Å². The standard InChI is InChI=1S/C14H28N2O3/c1-11(2)8-16-9-12(14(18)19-3)7-13(10-16)15-5-4-6-17/h11-13,15,17H,4-10H2,1-3H3. The molecule has 5 nitrogen and oxygen atoms in total. The molecule has 0 saturated carbocycles. The van der Waals surface area contributed by atoms with Crippen molar-refractivity contribution in [2.24, 2.45) is 11.8 Å². The average molecular weight is 272 g/mol. The molecule has 1 rings (SSSR count). The zero-order valence-electron chi connectivity index (χ0n) is 12.4. The molecular formula is C14H28N2O3. The number of carbonyl (C=O) groups excluding carboxylic acids is 1. The van der Waals surface area contributed by atoms with E-state index in [0.717, 1.165) is 39.0 Å². The summed E-state index contributed by atoms with van der Waals surface area (Å²) in [4.78, 5) is 14.1. The number of carbonyl (C=O) groups is 1. The number of piperidine rings is 1. The van der Waals surface area contributed by atoms with Gasteiger partial charge < -0.3 is 20.1 Å². The minimum Gasteiger partial charge on any atom is -0.469 e. The van der Waals surface area contributed by atoms with Gasteiger partial charge in [-0.25, -0.2) is 0 Å². The van der Waals surface area contributed by atoms with E-state index in [2.05, 4.69) is 24.1 Å². The average Bonchev–Trinajstić information content (AvgIpc) is 2.37. The molecule has 2 unspecified atom stereocenters. The van der Waals surface area contributed by atoms with Crippen molar-refractivity contribution in [3.05, 3.63) is 0 Å². The second-order valence-electron chi connectivity index (χ2n) is 5.80. The number of aliphatic hydroxyl groups is 1. The number of rotatable bonds is 7. The predicted molar refractivity (Wildman–Crippen MR) is 74.9 cm³/mol. The van der Waals surface area contributed by atoms with E-state index in [1.807, 2.05) is 0 Å². The molecule has 0 bridgehead atoms. The number of esters is 1. The third kappa shape index (κ3) is 5.89. The first-order valence-electron chi connectivity index (χ1n) is 7.21. The number of hydrogen-bond donors (Lipinski definition) is 2. The fourth-order valence-corrected chi connectivity index (χ4v) is 2.73. The van der Waals surface area contributed by atoms with E-state index in [4.69, 9.17) is 9.84 Å². The maximum absolute atomic E-state index is 11.8. The van der Waals surface area contributed by atoms with Crippen molar-refractivity contribution in [3.8, 4) is 0 Å². The summed E-state index contributed by atoms with van der Waals surface area (Å²) >= 11 is 0. The molecule has 2 N–H and O–H groups in total. The minimum atomic E-state index is -0.109. The number of nitrogens with one attached hydrogen (secondary N) is 1. The fourth-order valence-electron chi connectivity index (χ4n) is 2.73. The van der Waals surface area contributed by atoms with E-state index in [1.54, 1.807) is 0 Å². The second kappa shape index (κ2) is 8.51. The van der Waals surface area contributed by atoms with Crippen molar-refractivity contribution in [1.29, 1.82) is 0 Å². The number of hydrogen-bond acceptors (Lipinski definition) is 5. The highest BCUT2D eigenvalue weighted by Gasteiger charge is 2.32. The Morgan fingerprint density at radius 3 is 2.79 bits per heavy atom. The van der Waals surface area contributed by atoms with Crippen LogP contribution in [0.5, 0.6) is 0 Å². The SMILES string of the molecule is COC(=O)C1CC(NCCCO)CN(CC(C)C)C1. The Kier molecular flexibility index (Phi) is 7.34. The summed E-state index contributed by atoms with van der Waals surface area (Å²) in [6.07, 6.45) is 1.58. The van der Waals surface area contributed by atoms with Gasteiger partial charge in [0.1, 0.15) is 0 Å². The Hall–Kier alpha value is -0.650. The zero-order chi connectivity index (χ0) is 14.3. The number of aliphatic hydroxyl groups excluding tert-OH is 1. The van der Waals surface area contributed by atoms with Gasteiger partial charge in [-0.1, -0.05) is 13.8 Å². The molecule has 1 aliphatic rings. The number of likely N-dealkylation sites (tertiary alicyclic amines) is 1. The van der Waals surface area contributed by atoms with Crippen LogP contribution in [0.1, 0.15) is 26.7 Å². The zero-order valence-corrected chi connectivity index (χ0v) is 12.4. The molecule has 0 spiro atoms. The van der Waals surface area contributed by atoms with Crippen LogP contribution >= 0.6 is 0 Å². The topological polar surface area (TPSA) is 61.8 Å². The molecule has 5 heteroatoms. The monoisotopic (exact) mass is 272 g/mol. The first-order chi connectivity index (χ1) is 9.06. The normalized spacial score (nSPS) is 24.7. The highest BCUT2D eigenvalue weighted by molar-refractivity contribution is 5.72. The molecule has 2 atom stereocenters. The van der Waals surface area contributed by atoms with Crippen LogP contribution in [0, 0.1) is 11.8 Å². The molecule has 1 aliphatic heterocycles. The predicted octanol–water partition coefficient (Wildman–Crippen LogP) is 0.478. The van der Waals surface area contributed by atoms with Gasteiger partial charge in [0.15, 0.2) is 0 Å². The third-order valence-corrected chi connectivity index (χ3v) is 3.45. The molecule has 1 saturated heterocycles. The van der Waals surface area contributed by atoms with E-state index in [0.29, 0.717) is 12.0 Å². The van der Waals surface area contributed by atoms with Gasteiger partial charge in [0.2, 0.25) is 0 Å². The molecule has 0 amide bonds. The molecule has 1 heterocycles. The maximum Gasteiger partial charge on any atom is 0.310 e. The Labute approximate surface area is 116 Å². The second-order valence-corrected chi connectivity index (χ2v) is 5.80. The van der Waals surface area contributed by atoms with Crippen LogP contribution in [0.3, 0.4) is 0 Å². The van der Waals surface area contributed by atoms with Gasteiger partial charge in [-0.2, -0.15) is 0 Å². The van der Waals surface area contributed by atoms with Gasteiger partial charge in [-0.05, 0) is 25.3 Å². The summed E-state index contributed by atoms with van der Waals surface area (Å²) in [5.41, 5.74) is 0. The summed E-state index contributed by atoms with van der Waals surface area (Å²) < 4.78 is 4.88. The highest BCUT2D eigenvalue weighted by Crippen LogP contribution is 2.19. The fraction of sp³-hybridized carbons (Fsp3) is 0.929. The van der Waals surface area contributed by atoms with Crippen LogP contribution in [0.25, 0.3) is 0 Å². The number of ether oxygens (including phenoxy) is 1. The van der Waals surface area contributed by atoms with Crippen LogP contribution in [0.4, 0.5) is 0 Å². The van der Waals surface area contributed by atoms with Crippen molar-refractivity contribution in [2.45, 2.75) is 32.7 Å². The van der Waals surface area contributed by atoms with Gasteiger partial charge in [-0.3, -0.25) is 4.79 Å². The Morgan fingerprint density at radius 2 is 2.21 bits per heavy atom. The van der Waals surface area contributed by atoms with Gasteiger partial charge in [0, 0.05) is 32.3 Å². The number of methoxy groups -OCH3 is 1. The van der Waals surface area contributed by atoms with Gasteiger partial charge in [0.05, 0.1) is 13.0 Å². The molecule has 0 aromatic carbocycles. The van der Waals surface area contributed by atoms with Crippen LogP contribution in [-0.2, 0) is 9.53 Å². The smallest absolute Gasteiger partial charge is 0.310 e. The Bertz CT molecular complexity index is 271. The van der Waals surface area contributed by atoms with E-state index < -0.39 is 0 Å². The Balaban J connectivity index is 2.53. The van der Waals surface area contributed by atoms with Crippen molar-refractivity contribution in [2.75, 3.05) is 39.9 Å². The van der Waals surface area contributed by atoms with Gasteiger partial charge >= 0.3 is 5.97 Å². The lowest BCUT2D eigenvalue weighted by atomic mass is 9.93. The molecule has 0 radical (unpaired) electrons. The van der Waals surface area contributed by atoms with Crippen LogP contribution in [-0.4, -0.2) is 61.9 Å². The molecular weight excluding hydrogens is 244 g/mol. The van der Waals surface area contributed by atoms with Gasteiger partial charge in [-0.15, -0.1) is 0 Å². The summed E-state index contributed by atoms with van der Waals surface area (Å²) in [5.74, 6) is 0.445.